The van der Waals surface area contributed by atoms with Crippen LogP contribution in [-0.4, -0.2) is 105 Å². The van der Waals surface area contributed by atoms with Crippen molar-refractivity contribution in [3.8, 4) is 0 Å². The molecule has 13 heteroatoms. The molecule has 4 amide bonds. The third-order valence-electron chi connectivity index (χ3n) is 6.72. The lowest BCUT2D eigenvalue weighted by molar-refractivity contribution is -0.121. The quantitative estimate of drug-likeness (QED) is 0.0557. The summed E-state index contributed by atoms with van der Waals surface area (Å²) < 4.78 is 16.5. The number of fused-ring (bicyclic) bond motifs is 1. The van der Waals surface area contributed by atoms with Crippen LogP contribution in [0.5, 0.6) is 0 Å². The van der Waals surface area contributed by atoms with Crippen LogP contribution in [-0.2, 0) is 19.0 Å². The van der Waals surface area contributed by atoms with Gasteiger partial charge in [0, 0.05) is 49.3 Å². The van der Waals surface area contributed by atoms with Gasteiger partial charge in [0.1, 0.15) is 0 Å². The zero-order valence-corrected chi connectivity index (χ0v) is 24.3. The van der Waals surface area contributed by atoms with Gasteiger partial charge in [-0.3, -0.25) is 9.59 Å². The molecular weight excluding hydrogens is 548 g/mol. The van der Waals surface area contributed by atoms with E-state index in [2.05, 4.69) is 26.1 Å². The summed E-state index contributed by atoms with van der Waals surface area (Å²) in [6.07, 6.45) is 6.09. The Kier molecular flexibility index (Phi) is 15.3. The Bertz CT molecular complexity index is 1020. The summed E-state index contributed by atoms with van der Waals surface area (Å²) in [5, 5.41) is 12.2. The van der Waals surface area contributed by atoms with Gasteiger partial charge in [-0.1, -0.05) is 12.5 Å². The van der Waals surface area contributed by atoms with Crippen molar-refractivity contribution in [2.75, 3.05) is 58.5 Å². The predicted molar refractivity (Wildman–Crippen MR) is 156 cm³/mol. The van der Waals surface area contributed by atoms with Crippen LogP contribution >= 0.6 is 11.8 Å². The number of hydrogen-bond acceptors (Lipinski definition) is 7. The van der Waals surface area contributed by atoms with Crippen molar-refractivity contribution >= 4 is 35.8 Å². The highest BCUT2D eigenvalue weighted by molar-refractivity contribution is 8.00. The summed E-state index contributed by atoms with van der Waals surface area (Å²) in [6, 6.07) is 7.24. The van der Waals surface area contributed by atoms with Crippen LogP contribution in [0.1, 0.15) is 54.4 Å². The van der Waals surface area contributed by atoms with Crippen molar-refractivity contribution in [2.24, 2.45) is 0 Å². The molecule has 2 fully saturated rings. The maximum Gasteiger partial charge on any atom is 0.315 e. The molecule has 0 spiro atoms. The minimum Gasteiger partial charge on any atom is -0.379 e. The first-order chi connectivity index (χ1) is 20.1. The van der Waals surface area contributed by atoms with Gasteiger partial charge in [0.15, 0.2) is 0 Å². The van der Waals surface area contributed by atoms with Crippen molar-refractivity contribution in [1.82, 2.24) is 21.3 Å². The van der Waals surface area contributed by atoms with E-state index in [1.54, 1.807) is 24.3 Å². The summed E-state index contributed by atoms with van der Waals surface area (Å²) in [7, 11) is 0. The smallest absolute Gasteiger partial charge is 0.315 e. The Balaban J connectivity index is 1.03. The number of ether oxygens (including phenoxy) is 3. The maximum absolute atomic E-state index is 12.1. The second-order valence-corrected chi connectivity index (χ2v) is 11.2. The highest BCUT2D eigenvalue weighted by atomic mass is 32.2. The molecule has 2 aliphatic rings. The first-order valence-corrected chi connectivity index (χ1v) is 15.4. The molecule has 1 aromatic carbocycles. The van der Waals surface area contributed by atoms with Crippen molar-refractivity contribution in [1.29, 1.82) is 0 Å². The Morgan fingerprint density at radius 3 is 2.41 bits per heavy atom. The van der Waals surface area contributed by atoms with Crippen molar-refractivity contribution in [3.05, 3.63) is 40.9 Å². The first kappa shape index (κ1) is 32.6. The first-order valence-electron chi connectivity index (χ1n) is 14.3. The Labute approximate surface area is 245 Å². The number of urea groups is 1. The predicted octanol–water partition coefficient (Wildman–Crippen LogP) is 1.74. The van der Waals surface area contributed by atoms with E-state index < -0.39 is 0 Å². The lowest BCUT2D eigenvalue weighted by Gasteiger charge is -2.16. The van der Waals surface area contributed by atoms with Crippen molar-refractivity contribution in [2.45, 2.75) is 55.9 Å². The van der Waals surface area contributed by atoms with Crippen molar-refractivity contribution in [3.63, 3.8) is 0 Å². The number of carbonyl (C=O) groups excluding carboxylic acids is 3. The largest absolute Gasteiger partial charge is 0.379 e. The summed E-state index contributed by atoms with van der Waals surface area (Å²) >= 11 is 1.90. The summed E-state index contributed by atoms with van der Waals surface area (Å²) in [5.41, 5.74) is 9.75. The number of thioether (sulfide) groups is 1. The number of rotatable bonds is 21. The standard InChI is InChI=1S/C28H42N6O6S/c29-32-19-21-6-3-7-22(18-21)27(36)31-11-5-13-39-15-17-40-16-14-38-12-4-10-30-25(35)9-2-1-8-24-26-23(20-41-24)33-28(37)34-26/h3,6-7,18-19,23-24,26H,1-2,4-5,8-17,20H2,(H,30,35)(H,31,36)(H2,33,34,37). The molecule has 0 radical (unpaired) electrons. The molecule has 41 heavy (non-hydrogen) atoms. The zero-order chi connectivity index (χ0) is 29.1. The van der Waals surface area contributed by atoms with Gasteiger partial charge in [-0.25, -0.2) is 4.79 Å². The van der Waals surface area contributed by atoms with Crippen LogP contribution in [0.25, 0.3) is 5.53 Å². The fourth-order valence-corrected chi connectivity index (χ4v) is 6.16. The molecule has 2 aliphatic heterocycles. The number of carbonyl (C=O) groups is 3. The van der Waals surface area contributed by atoms with Crippen molar-refractivity contribution < 1.29 is 33.4 Å². The molecule has 2 saturated heterocycles. The maximum atomic E-state index is 12.1. The van der Waals surface area contributed by atoms with Gasteiger partial charge in [0.05, 0.1) is 44.1 Å². The number of nitrogens with zero attached hydrogens (tertiary/aromatic N) is 2. The molecule has 0 aromatic heterocycles. The Morgan fingerprint density at radius 1 is 0.976 bits per heavy atom. The van der Waals surface area contributed by atoms with E-state index in [9.17, 15) is 14.4 Å². The molecule has 2 heterocycles. The van der Waals surface area contributed by atoms with Gasteiger partial charge in [0.2, 0.25) is 5.91 Å². The van der Waals surface area contributed by atoms with Gasteiger partial charge in [0.25, 0.3) is 12.1 Å². The molecule has 3 unspecified atom stereocenters. The normalized spacial score (nSPS) is 19.1. The minimum absolute atomic E-state index is 0.0599. The number of nitrogens with one attached hydrogen (secondary N) is 4. The van der Waals surface area contributed by atoms with Crippen LogP contribution in [0.4, 0.5) is 4.79 Å². The fourth-order valence-electron chi connectivity index (χ4n) is 4.61. The molecule has 0 bridgehead atoms. The van der Waals surface area contributed by atoms with E-state index in [0.29, 0.717) is 81.9 Å². The molecule has 226 valence electrons. The van der Waals surface area contributed by atoms with E-state index in [-0.39, 0.29) is 29.9 Å². The Hall–Kier alpha value is -2.96. The molecule has 3 rings (SSSR count). The second kappa shape index (κ2) is 19.2. The second-order valence-electron chi connectivity index (χ2n) is 9.89. The van der Waals surface area contributed by atoms with E-state index >= 15 is 0 Å². The van der Waals surface area contributed by atoms with Crippen LogP contribution in [0.2, 0.25) is 0 Å². The number of unbranched alkanes of at least 4 members (excludes halogenated alkanes) is 1. The van der Waals surface area contributed by atoms with Gasteiger partial charge in [-0.05, 0) is 43.9 Å². The molecular formula is C28H42N6O6S. The number of benzene rings is 1. The van der Waals surface area contributed by atoms with E-state index in [1.165, 1.54) is 6.21 Å². The monoisotopic (exact) mass is 590 g/mol. The van der Waals surface area contributed by atoms with E-state index in [4.69, 9.17) is 19.7 Å². The van der Waals surface area contributed by atoms with Gasteiger partial charge < -0.3 is 41.0 Å². The summed E-state index contributed by atoms with van der Waals surface area (Å²) in [5.74, 6) is 0.846. The summed E-state index contributed by atoms with van der Waals surface area (Å²) in [4.78, 5) is 38.6. The van der Waals surface area contributed by atoms with Crippen LogP contribution < -0.4 is 21.3 Å². The molecule has 1 aromatic rings. The lowest BCUT2D eigenvalue weighted by Crippen LogP contribution is -2.36. The Morgan fingerprint density at radius 2 is 1.68 bits per heavy atom. The molecule has 12 nitrogen and oxygen atoms in total. The van der Waals surface area contributed by atoms with Gasteiger partial charge in [-0.2, -0.15) is 16.6 Å². The van der Waals surface area contributed by atoms with Crippen LogP contribution in [0, 0.1) is 0 Å². The van der Waals surface area contributed by atoms with E-state index in [0.717, 1.165) is 31.4 Å². The minimum atomic E-state index is -0.188. The molecule has 0 saturated carbocycles. The number of hydrogen-bond donors (Lipinski definition) is 4. The molecule has 4 N–H and O–H groups in total. The highest BCUT2D eigenvalue weighted by Crippen LogP contribution is 2.33. The number of amides is 4. The average Bonchev–Trinajstić information content (AvgIpc) is 3.52. The molecule has 3 atom stereocenters. The topological polar surface area (TPSA) is 163 Å². The summed E-state index contributed by atoms with van der Waals surface area (Å²) in [6.45, 7) is 4.07. The molecule has 0 aliphatic carbocycles. The fraction of sp³-hybridized carbons (Fsp3) is 0.643. The van der Waals surface area contributed by atoms with Gasteiger partial charge >= 0.3 is 6.03 Å². The lowest BCUT2D eigenvalue weighted by atomic mass is 10.0. The van der Waals surface area contributed by atoms with Crippen LogP contribution in [0.15, 0.2) is 24.3 Å². The zero-order valence-electron chi connectivity index (χ0n) is 23.5. The van der Waals surface area contributed by atoms with E-state index in [1.807, 2.05) is 11.8 Å². The highest BCUT2D eigenvalue weighted by Gasteiger charge is 2.42. The third kappa shape index (κ3) is 12.6. The SMILES string of the molecule is [N-]=[N+]=Cc1cccc(C(=O)NCCCOCCOCCOCCCNC(=O)CCCCC2SCC3NC(=O)NC32)c1. The average molecular weight is 591 g/mol. The third-order valence-corrected chi connectivity index (χ3v) is 8.23. The van der Waals surface area contributed by atoms with Crippen LogP contribution in [0.3, 0.4) is 0 Å². The van der Waals surface area contributed by atoms with Gasteiger partial charge in [-0.15, -0.1) is 0 Å².